The van der Waals surface area contributed by atoms with E-state index in [2.05, 4.69) is 19.7 Å². The molecule has 4 rings (SSSR count). The second kappa shape index (κ2) is 9.51. The smallest absolute Gasteiger partial charge is 0.416 e. The summed E-state index contributed by atoms with van der Waals surface area (Å²) in [5.41, 5.74) is -0.225. The minimum atomic E-state index is -4.30. The summed E-state index contributed by atoms with van der Waals surface area (Å²) in [7, 11) is 2.03. The molecule has 1 aromatic carbocycles. The van der Waals surface area contributed by atoms with Crippen molar-refractivity contribution in [2.45, 2.75) is 31.8 Å². The molecule has 1 fully saturated rings. The van der Waals surface area contributed by atoms with Crippen LogP contribution < -0.4 is 4.74 Å². The first kappa shape index (κ1) is 24.4. The minimum Gasteiger partial charge on any atom is -0.436 e. The number of ether oxygens (including phenoxy) is 1. The molecule has 2 aliphatic rings. The highest BCUT2D eigenvalue weighted by atomic mass is 19.4. The van der Waals surface area contributed by atoms with E-state index >= 15 is 0 Å². The summed E-state index contributed by atoms with van der Waals surface area (Å²) >= 11 is 0. The minimum absolute atomic E-state index is 0.206. The van der Waals surface area contributed by atoms with Crippen LogP contribution in [0.1, 0.15) is 18.1 Å². The van der Waals surface area contributed by atoms with Gasteiger partial charge in [-0.1, -0.05) is 12.1 Å². The number of halogens is 3. The molecular weight excluding hydrogens is 453 g/mol. The molecule has 0 saturated carbocycles. The lowest BCUT2D eigenvalue weighted by Gasteiger charge is -2.36. The van der Waals surface area contributed by atoms with Crippen LogP contribution in [0, 0.1) is 10.1 Å². The van der Waals surface area contributed by atoms with E-state index in [-0.39, 0.29) is 11.8 Å². The summed E-state index contributed by atoms with van der Waals surface area (Å²) in [5, 5.41) is 10.9. The van der Waals surface area contributed by atoms with Gasteiger partial charge in [0.25, 0.3) is 0 Å². The molecule has 0 aliphatic carbocycles. The van der Waals surface area contributed by atoms with Gasteiger partial charge in [-0.2, -0.15) is 13.2 Å². The van der Waals surface area contributed by atoms with E-state index < -0.39 is 22.3 Å². The standard InChI is InChI=1S/C22H29F3N6O3/c1-21(16-30-14-19(31(32)33)26-20(30)34-21)15-27(2)7-8-28-9-11-29(12-10-28)13-17-3-5-18(6-4-17)22(23,24)25/h3-6,14H,7-13,15-16H2,1-2H3. The monoisotopic (exact) mass is 482 g/mol. The molecule has 0 spiro atoms. The van der Waals surface area contributed by atoms with Gasteiger partial charge in [0.05, 0.1) is 12.1 Å². The van der Waals surface area contributed by atoms with E-state index in [1.807, 2.05) is 14.0 Å². The van der Waals surface area contributed by atoms with Gasteiger partial charge in [-0.25, -0.2) is 0 Å². The largest absolute Gasteiger partial charge is 0.436 e. The molecule has 1 aromatic heterocycles. The number of fused-ring (bicyclic) bond motifs is 1. The highest BCUT2D eigenvalue weighted by Crippen LogP contribution is 2.31. The van der Waals surface area contributed by atoms with Crippen LogP contribution in [0.3, 0.4) is 0 Å². The number of likely N-dealkylation sites (N-methyl/N-ethyl adjacent to an activating group) is 1. The summed E-state index contributed by atoms with van der Waals surface area (Å²) in [5.74, 6) is -0.206. The summed E-state index contributed by atoms with van der Waals surface area (Å²) in [4.78, 5) is 21.1. The Bertz CT molecular complexity index is 979. The van der Waals surface area contributed by atoms with Crippen LogP contribution in [-0.2, 0) is 19.3 Å². The molecule has 0 bridgehead atoms. The molecule has 12 heteroatoms. The number of hydrogen-bond acceptors (Lipinski definition) is 7. The quantitative estimate of drug-likeness (QED) is 0.423. The van der Waals surface area contributed by atoms with Gasteiger partial charge in [0.1, 0.15) is 11.8 Å². The average Bonchev–Trinajstić information content (AvgIpc) is 3.28. The predicted molar refractivity (Wildman–Crippen MR) is 119 cm³/mol. The van der Waals surface area contributed by atoms with Crippen molar-refractivity contribution in [2.24, 2.45) is 0 Å². The molecule has 186 valence electrons. The van der Waals surface area contributed by atoms with Crippen molar-refractivity contribution < 1.29 is 22.8 Å². The lowest BCUT2D eigenvalue weighted by Crippen LogP contribution is -2.49. The molecule has 2 aromatic rings. The maximum Gasteiger partial charge on any atom is 0.416 e. The molecule has 1 unspecified atom stereocenters. The number of nitrogens with zero attached hydrogens (tertiary/aromatic N) is 6. The molecule has 0 radical (unpaired) electrons. The summed E-state index contributed by atoms with van der Waals surface area (Å²) in [6.07, 6.45) is -2.90. The Kier molecular flexibility index (Phi) is 6.83. The fourth-order valence-electron chi connectivity index (χ4n) is 4.55. The number of nitro groups is 1. The molecular formula is C22H29F3N6O3. The van der Waals surface area contributed by atoms with Crippen molar-refractivity contribution in [2.75, 3.05) is 52.9 Å². The average molecular weight is 483 g/mol. The number of imidazole rings is 1. The Morgan fingerprint density at radius 1 is 1.18 bits per heavy atom. The van der Waals surface area contributed by atoms with Crippen LogP contribution in [0.25, 0.3) is 0 Å². The van der Waals surface area contributed by atoms with Crippen molar-refractivity contribution in [3.05, 3.63) is 51.7 Å². The van der Waals surface area contributed by atoms with Gasteiger partial charge in [0, 0.05) is 57.3 Å². The number of rotatable bonds is 8. The maximum atomic E-state index is 12.7. The molecule has 9 nitrogen and oxygen atoms in total. The van der Waals surface area contributed by atoms with Gasteiger partial charge < -0.3 is 19.8 Å². The zero-order valence-electron chi connectivity index (χ0n) is 19.3. The molecule has 0 amide bonds. The molecule has 1 saturated heterocycles. The fraction of sp³-hybridized carbons (Fsp3) is 0.591. The first-order valence-electron chi connectivity index (χ1n) is 11.2. The third-order valence-corrected chi connectivity index (χ3v) is 6.31. The van der Waals surface area contributed by atoms with Gasteiger partial charge in [-0.05, 0) is 36.6 Å². The molecule has 0 N–H and O–H groups in total. The maximum absolute atomic E-state index is 12.7. The van der Waals surface area contributed by atoms with Crippen LogP contribution in [0.5, 0.6) is 6.01 Å². The second-order valence-electron chi connectivity index (χ2n) is 9.37. The van der Waals surface area contributed by atoms with Crippen LogP contribution in [0.15, 0.2) is 30.5 Å². The summed E-state index contributed by atoms with van der Waals surface area (Å²) in [6, 6.07) is 5.68. The lowest BCUT2D eigenvalue weighted by atomic mass is 10.1. The van der Waals surface area contributed by atoms with Gasteiger partial charge in [-0.15, -0.1) is 0 Å². The van der Waals surface area contributed by atoms with Crippen molar-refractivity contribution in [3.63, 3.8) is 0 Å². The van der Waals surface area contributed by atoms with Crippen LogP contribution in [0.4, 0.5) is 19.0 Å². The number of aromatic nitrogens is 2. The van der Waals surface area contributed by atoms with Crippen LogP contribution >= 0.6 is 0 Å². The van der Waals surface area contributed by atoms with E-state index in [0.29, 0.717) is 19.6 Å². The van der Waals surface area contributed by atoms with E-state index in [0.717, 1.165) is 57.0 Å². The Labute approximate surface area is 195 Å². The number of benzene rings is 1. The number of hydrogen-bond donors (Lipinski definition) is 0. The van der Waals surface area contributed by atoms with E-state index in [9.17, 15) is 23.3 Å². The van der Waals surface area contributed by atoms with Crippen molar-refractivity contribution in [1.82, 2.24) is 24.3 Å². The molecule has 34 heavy (non-hydrogen) atoms. The number of alkyl halides is 3. The Hall–Kier alpha value is -2.70. The lowest BCUT2D eigenvalue weighted by molar-refractivity contribution is -0.389. The first-order valence-corrected chi connectivity index (χ1v) is 11.2. The van der Waals surface area contributed by atoms with Crippen molar-refractivity contribution in [3.8, 4) is 6.01 Å². The van der Waals surface area contributed by atoms with E-state index in [4.69, 9.17) is 4.74 Å². The SMILES string of the molecule is CN(CCN1CCN(Cc2ccc(C(F)(F)F)cc2)CC1)CC1(C)Cn2cc([N+](=O)[O-])nc2O1. The van der Waals surface area contributed by atoms with Crippen molar-refractivity contribution in [1.29, 1.82) is 0 Å². The normalized spacial score (nSPS) is 21.6. The Morgan fingerprint density at radius 3 is 2.41 bits per heavy atom. The first-order chi connectivity index (χ1) is 16.0. The molecule has 1 atom stereocenters. The third kappa shape index (κ3) is 5.86. The van der Waals surface area contributed by atoms with Gasteiger partial charge in [-0.3, -0.25) is 14.4 Å². The Morgan fingerprint density at radius 2 is 1.82 bits per heavy atom. The highest BCUT2D eigenvalue weighted by Gasteiger charge is 2.41. The predicted octanol–water partition coefficient (Wildman–Crippen LogP) is 2.71. The molecule has 3 heterocycles. The zero-order valence-corrected chi connectivity index (χ0v) is 19.3. The van der Waals surface area contributed by atoms with Crippen LogP contribution in [0.2, 0.25) is 0 Å². The topological polar surface area (TPSA) is 79.9 Å². The second-order valence-corrected chi connectivity index (χ2v) is 9.37. The van der Waals surface area contributed by atoms with Crippen LogP contribution in [-0.4, -0.2) is 87.6 Å². The Balaban J connectivity index is 1.17. The highest BCUT2D eigenvalue weighted by molar-refractivity contribution is 5.25. The van der Waals surface area contributed by atoms with Gasteiger partial charge in [0.15, 0.2) is 0 Å². The zero-order chi connectivity index (χ0) is 24.5. The van der Waals surface area contributed by atoms with Gasteiger partial charge >= 0.3 is 18.0 Å². The van der Waals surface area contributed by atoms with Crippen molar-refractivity contribution >= 4 is 5.82 Å². The summed E-state index contributed by atoms with van der Waals surface area (Å²) < 4.78 is 45.8. The summed E-state index contributed by atoms with van der Waals surface area (Å²) in [6.45, 7) is 9.09. The van der Waals surface area contributed by atoms with E-state index in [1.165, 1.54) is 6.20 Å². The molecule has 2 aliphatic heterocycles. The fourth-order valence-corrected chi connectivity index (χ4v) is 4.55. The van der Waals surface area contributed by atoms with Gasteiger partial charge in [0.2, 0.25) is 0 Å². The third-order valence-electron chi connectivity index (χ3n) is 6.31. The number of piperazine rings is 1. The van der Waals surface area contributed by atoms with E-state index in [1.54, 1.807) is 16.7 Å².